The molecule has 0 saturated heterocycles. The summed E-state index contributed by atoms with van der Waals surface area (Å²) in [6.07, 6.45) is -3.52. The van der Waals surface area contributed by atoms with Crippen molar-refractivity contribution < 1.29 is 77.6 Å². The van der Waals surface area contributed by atoms with Gasteiger partial charge in [-0.15, -0.1) is 0 Å². The Balaban J connectivity index is 7.39. The van der Waals surface area contributed by atoms with Crippen LogP contribution in [0, 0.1) is 17.8 Å². The van der Waals surface area contributed by atoms with Gasteiger partial charge in [0.05, 0.1) is 18.8 Å². The minimum atomic E-state index is -1.74. The highest BCUT2D eigenvalue weighted by Crippen LogP contribution is 2.15. The fourth-order valence-corrected chi connectivity index (χ4v) is 9.55. The predicted molar refractivity (Wildman–Crippen MR) is 354 cm³/mol. The third-order valence-corrected chi connectivity index (χ3v) is 14.7. The van der Waals surface area contributed by atoms with Gasteiger partial charge >= 0.3 is 0 Å². The predicted octanol–water partition coefficient (Wildman–Crippen LogP) is -7.91. The minimum Gasteiger partial charge on any atom is -0.394 e. The van der Waals surface area contributed by atoms with Gasteiger partial charge in [-0.1, -0.05) is 34.6 Å². The third-order valence-electron chi connectivity index (χ3n) is 14.7. The quantitative estimate of drug-likeness (QED) is 0.0153. The number of nitrogens with zero attached hydrogens (tertiary/aromatic N) is 2. The summed E-state index contributed by atoms with van der Waals surface area (Å²) in [5.74, 6) is -14.2. The molecule has 0 bridgehead atoms. The Labute approximate surface area is 560 Å². The van der Waals surface area contributed by atoms with Crippen LogP contribution in [0.15, 0.2) is 9.98 Å². The number of nitrogens with two attached hydrogens (primary N) is 9. The fourth-order valence-electron chi connectivity index (χ4n) is 9.55. The number of aliphatic imine (C=N–C) groups is 2. The highest BCUT2D eigenvalue weighted by Gasteiger charge is 2.37. The van der Waals surface area contributed by atoms with Crippen LogP contribution in [0.1, 0.15) is 158 Å². The molecule has 0 aromatic rings. The standard InChI is InChI=1S/C59H111N21O16/c1-30(2)26-41(55(94)73-36(15-9-11-23-61)52(91)79-43(29-81)47(64)86)78-56(95)42(27-31(3)4)77-51(90)35(14-8-10-22-60)71-49(88)37(16-12-24-69-58(65)66)72-53(92)39(18-20-44(62)84)75-54(93)40(19-21-45(63)85)74-50(89)38(17-13-25-70-59(67)68)76-57(96)46(34(7)83)80-48(87)32(5)28-33(6)82/h30-43,46,81-83H,8-29,60-61H2,1-7H3,(H2,62,84)(H2,63,85)(H2,64,86)(H,71,88)(H,72,92)(H,73,94)(H,74,89)(H,75,93)(H,76,96)(H,77,90)(H,78,95)(H,79,91)(H,80,87)(H4,65,66,69)(H4,67,68,70)/t32-,33?,34+,35-,36-,37-,38-,39-,40-,41-,42-,43-,46-/m0/s1. The Morgan fingerprint density at radius 2 is 0.646 bits per heavy atom. The van der Waals surface area contributed by atoms with Crippen LogP contribution in [0.25, 0.3) is 0 Å². The van der Waals surface area contributed by atoms with Crippen LogP contribution in [0.2, 0.25) is 0 Å². The maximum atomic E-state index is 14.6. The van der Waals surface area contributed by atoms with E-state index in [0.717, 1.165) is 0 Å². The fraction of sp³-hybridized carbons (Fsp3) is 0.746. The molecule has 13 amide bonds. The van der Waals surface area contributed by atoms with Crippen molar-refractivity contribution in [3.05, 3.63) is 0 Å². The van der Waals surface area contributed by atoms with Gasteiger partial charge in [0.25, 0.3) is 0 Å². The summed E-state index contributed by atoms with van der Waals surface area (Å²) in [5, 5.41) is 55.3. The molecule has 0 heterocycles. The summed E-state index contributed by atoms with van der Waals surface area (Å²) in [6.45, 7) is 10.7. The van der Waals surface area contributed by atoms with Crippen LogP contribution >= 0.6 is 0 Å². The molecule has 0 fully saturated rings. The van der Waals surface area contributed by atoms with Crippen molar-refractivity contribution in [2.24, 2.45) is 79.3 Å². The monoisotopic (exact) mass is 1370 g/mol. The number of unbranched alkanes of at least 4 members (excludes halogenated alkanes) is 2. The number of aliphatic hydroxyl groups excluding tert-OH is 3. The average molecular weight is 1370 g/mol. The molecule has 0 aromatic carbocycles. The highest BCUT2D eigenvalue weighted by molar-refractivity contribution is 5.99. The zero-order valence-electron chi connectivity index (χ0n) is 56.5. The van der Waals surface area contributed by atoms with Crippen LogP contribution < -0.4 is 105 Å². The number of carbonyl (C=O) groups is 13. The second-order valence-corrected chi connectivity index (χ2v) is 24.6. The maximum absolute atomic E-state index is 14.6. The van der Waals surface area contributed by atoms with Crippen molar-refractivity contribution in [3.8, 4) is 0 Å². The van der Waals surface area contributed by atoms with E-state index in [2.05, 4.69) is 63.2 Å². The summed E-state index contributed by atoms with van der Waals surface area (Å²) < 4.78 is 0. The van der Waals surface area contributed by atoms with Gasteiger partial charge in [0.2, 0.25) is 76.8 Å². The lowest BCUT2D eigenvalue weighted by atomic mass is 9.99. The molecule has 0 rings (SSSR count). The van der Waals surface area contributed by atoms with Crippen molar-refractivity contribution in [1.82, 2.24) is 53.2 Å². The van der Waals surface area contributed by atoms with E-state index in [4.69, 9.17) is 51.6 Å². The first-order valence-electron chi connectivity index (χ1n) is 32.4. The van der Waals surface area contributed by atoms with Crippen LogP contribution in [-0.4, -0.2) is 209 Å². The summed E-state index contributed by atoms with van der Waals surface area (Å²) in [6, 6.07) is -15.1. The lowest BCUT2D eigenvalue weighted by Crippen LogP contribution is -2.61. The van der Waals surface area contributed by atoms with Crippen molar-refractivity contribution in [2.75, 3.05) is 32.8 Å². The normalized spacial score (nSPS) is 15.2. The van der Waals surface area contributed by atoms with E-state index in [1.807, 2.05) is 0 Å². The summed E-state index contributed by atoms with van der Waals surface area (Å²) >= 11 is 0. The Kier molecular flexibility index (Phi) is 43.1. The van der Waals surface area contributed by atoms with Crippen molar-refractivity contribution in [2.45, 2.75) is 230 Å². The zero-order valence-corrected chi connectivity index (χ0v) is 56.5. The lowest BCUT2D eigenvalue weighted by molar-refractivity contribution is -0.137. The average Bonchev–Trinajstić information content (AvgIpc) is 0.904. The first-order valence-corrected chi connectivity index (χ1v) is 32.4. The lowest BCUT2D eigenvalue weighted by Gasteiger charge is -2.29. The molecule has 0 aromatic heterocycles. The Hall–Kier alpha value is -8.55. The van der Waals surface area contributed by atoms with Crippen LogP contribution in [-0.2, 0) is 62.3 Å². The number of hydrogen-bond acceptors (Lipinski definition) is 20. The molecular formula is C59H111N21O16. The molecule has 0 aliphatic carbocycles. The molecule has 0 aliphatic heterocycles. The van der Waals surface area contributed by atoms with Crippen molar-refractivity contribution in [3.63, 3.8) is 0 Å². The SMILES string of the molecule is CC(C)C[C@H](NC(=O)[C@H](CC(C)C)NC(=O)[C@H](CCCCN)NC(=O)[C@H](CCCN=C(N)N)NC(=O)[C@H](CCC(N)=O)NC(=O)[C@H](CCC(N)=O)NC(=O)[C@H](CCCN=C(N)N)NC(=O)[C@@H](NC(=O)[C@@H](C)CC(C)O)[C@@H](C)O)C(=O)N[C@@H](CCCCN)C(=O)N[C@@H](CO)C(N)=O. The van der Waals surface area contributed by atoms with E-state index in [0.29, 0.717) is 19.3 Å². The van der Waals surface area contributed by atoms with Gasteiger partial charge in [-0.3, -0.25) is 72.3 Å². The van der Waals surface area contributed by atoms with E-state index >= 15 is 0 Å². The second kappa shape index (κ2) is 47.4. The molecule has 96 heavy (non-hydrogen) atoms. The van der Waals surface area contributed by atoms with Gasteiger partial charge in [0, 0.05) is 31.8 Å². The highest BCUT2D eigenvalue weighted by atomic mass is 16.3. The van der Waals surface area contributed by atoms with Crippen LogP contribution in [0.5, 0.6) is 0 Å². The van der Waals surface area contributed by atoms with E-state index in [9.17, 15) is 77.6 Å². The van der Waals surface area contributed by atoms with Gasteiger partial charge in [0.1, 0.15) is 60.4 Å². The third kappa shape index (κ3) is 37.5. The molecule has 0 aliphatic rings. The molecule has 31 N–H and O–H groups in total. The van der Waals surface area contributed by atoms with E-state index < -0.39 is 188 Å². The molecule has 37 nitrogen and oxygen atoms in total. The number of primary amides is 3. The topological polar surface area (TPSA) is 662 Å². The number of amides is 13. The van der Waals surface area contributed by atoms with E-state index in [-0.39, 0.29) is 114 Å². The number of hydrogen-bond donors (Lipinski definition) is 22. The molecule has 0 saturated carbocycles. The molecular weight excluding hydrogens is 1260 g/mol. The summed E-state index contributed by atoms with van der Waals surface area (Å²) in [4.78, 5) is 185. The van der Waals surface area contributed by atoms with Crippen LogP contribution in [0.4, 0.5) is 0 Å². The summed E-state index contributed by atoms with van der Waals surface area (Å²) in [5.41, 5.74) is 49.8. The number of nitrogens with one attached hydrogen (secondary N) is 10. The van der Waals surface area contributed by atoms with E-state index in [1.54, 1.807) is 27.7 Å². The molecule has 0 spiro atoms. The largest absolute Gasteiger partial charge is 0.394 e. The van der Waals surface area contributed by atoms with Crippen LogP contribution in [0.3, 0.4) is 0 Å². The minimum absolute atomic E-state index is 0.00116. The van der Waals surface area contributed by atoms with Crippen molar-refractivity contribution in [1.29, 1.82) is 0 Å². The van der Waals surface area contributed by atoms with Gasteiger partial charge in [-0.05, 0) is 135 Å². The molecule has 13 atom stereocenters. The number of rotatable bonds is 51. The van der Waals surface area contributed by atoms with Crippen molar-refractivity contribution >= 4 is 88.7 Å². The maximum Gasteiger partial charge on any atom is 0.245 e. The number of guanidine groups is 2. The Morgan fingerprint density at radius 1 is 0.354 bits per heavy atom. The molecule has 548 valence electrons. The smallest absolute Gasteiger partial charge is 0.245 e. The van der Waals surface area contributed by atoms with Gasteiger partial charge in [0.15, 0.2) is 11.9 Å². The molecule has 37 heteroatoms. The Bertz CT molecular complexity index is 2590. The summed E-state index contributed by atoms with van der Waals surface area (Å²) in [7, 11) is 0. The number of aliphatic hydroxyl groups is 3. The first kappa shape index (κ1) is 87.5. The van der Waals surface area contributed by atoms with Gasteiger partial charge in [-0.2, -0.15) is 0 Å². The van der Waals surface area contributed by atoms with Gasteiger partial charge in [-0.25, -0.2) is 0 Å². The molecule has 0 radical (unpaired) electrons. The van der Waals surface area contributed by atoms with E-state index in [1.165, 1.54) is 20.8 Å². The zero-order chi connectivity index (χ0) is 73.4. The molecule has 1 unspecified atom stereocenters. The Morgan fingerprint density at radius 3 is 0.917 bits per heavy atom. The first-order chi connectivity index (χ1) is 45.0. The number of carbonyl (C=O) groups excluding carboxylic acids is 13. The second-order valence-electron chi connectivity index (χ2n) is 24.6. The van der Waals surface area contributed by atoms with Gasteiger partial charge < -0.3 is 120 Å².